The predicted molar refractivity (Wildman–Crippen MR) is 99.5 cm³/mol. The number of sulfonamides is 1. The van der Waals surface area contributed by atoms with E-state index >= 15 is 0 Å². The summed E-state index contributed by atoms with van der Waals surface area (Å²) in [6.45, 7) is 2.67. The predicted octanol–water partition coefficient (Wildman–Crippen LogP) is 2.84. The molecule has 1 aromatic rings. The van der Waals surface area contributed by atoms with Crippen LogP contribution in [0.4, 0.5) is 0 Å². The highest BCUT2D eigenvalue weighted by atomic mass is 32.2. The van der Waals surface area contributed by atoms with E-state index in [0.717, 1.165) is 24.8 Å². The van der Waals surface area contributed by atoms with Crippen molar-refractivity contribution in [1.82, 2.24) is 4.72 Å². The van der Waals surface area contributed by atoms with Crippen molar-refractivity contribution in [3.63, 3.8) is 0 Å². The maximum Gasteiger partial charge on any atom is 0.313 e. The van der Waals surface area contributed by atoms with E-state index in [1.807, 2.05) is 0 Å². The second-order valence-corrected chi connectivity index (χ2v) is 8.42. The van der Waals surface area contributed by atoms with Gasteiger partial charge in [-0.1, -0.05) is 37.8 Å². The third-order valence-electron chi connectivity index (χ3n) is 4.81. The lowest BCUT2D eigenvalue weighted by atomic mass is 9.88. The Hall–Kier alpha value is -1.44. The van der Waals surface area contributed by atoms with E-state index in [2.05, 4.69) is 4.72 Å². The molecule has 1 aromatic carbocycles. The van der Waals surface area contributed by atoms with Gasteiger partial charge in [-0.05, 0) is 37.0 Å². The summed E-state index contributed by atoms with van der Waals surface area (Å²) in [6.07, 6.45) is 5.48. The number of carbonyl (C=O) groups is 1. The van der Waals surface area contributed by atoms with Crippen molar-refractivity contribution in [2.45, 2.75) is 49.8 Å². The highest BCUT2D eigenvalue weighted by Crippen LogP contribution is 2.35. The molecule has 0 heterocycles. The topological polar surface area (TPSA) is 81.7 Å². The number of nitrogens with one attached hydrogen (secondary N) is 1. The van der Waals surface area contributed by atoms with Gasteiger partial charge in [0.25, 0.3) is 0 Å². The average molecular weight is 384 g/mol. The van der Waals surface area contributed by atoms with Crippen LogP contribution in [0.25, 0.3) is 0 Å². The van der Waals surface area contributed by atoms with Crippen LogP contribution in [-0.2, 0) is 24.3 Å². The van der Waals surface area contributed by atoms with Gasteiger partial charge < -0.3 is 9.47 Å². The van der Waals surface area contributed by atoms with E-state index in [1.54, 1.807) is 31.2 Å². The van der Waals surface area contributed by atoms with Gasteiger partial charge in [0.05, 0.1) is 24.0 Å². The first-order chi connectivity index (χ1) is 12.5. The van der Waals surface area contributed by atoms with Gasteiger partial charge in [-0.15, -0.1) is 0 Å². The Labute approximate surface area is 156 Å². The molecule has 7 heteroatoms. The van der Waals surface area contributed by atoms with Gasteiger partial charge in [0, 0.05) is 13.7 Å². The van der Waals surface area contributed by atoms with Crippen molar-refractivity contribution in [2.75, 3.05) is 26.9 Å². The van der Waals surface area contributed by atoms with Crippen molar-refractivity contribution in [3.05, 3.63) is 29.8 Å². The number of rotatable bonds is 10. The fourth-order valence-electron chi connectivity index (χ4n) is 3.43. The molecule has 1 N–H and O–H groups in total. The zero-order valence-electron chi connectivity index (χ0n) is 15.6. The number of esters is 1. The molecule has 0 spiro atoms. The summed E-state index contributed by atoms with van der Waals surface area (Å²) >= 11 is 0. The molecule has 0 radical (unpaired) electrons. The Morgan fingerprint density at radius 3 is 2.46 bits per heavy atom. The Morgan fingerprint density at radius 1 is 1.23 bits per heavy atom. The zero-order valence-corrected chi connectivity index (χ0v) is 16.4. The van der Waals surface area contributed by atoms with E-state index in [9.17, 15) is 13.2 Å². The van der Waals surface area contributed by atoms with Gasteiger partial charge in [-0.3, -0.25) is 4.79 Å². The lowest BCUT2D eigenvalue weighted by molar-refractivity contribution is -0.145. The van der Waals surface area contributed by atoms with Crippen LogP contribution in [0.2, 0.25) is 0 Å². The molecular weight excluding hydrogens is 354 g/mol. The zero-order chi connectivity index (χ0) is 19.0. The molecule has 1 saturated carbocycles. The van der Waals surface area contributed by atoms with Gasteiger partial charge in [0.15, 0.2) is 0 Å². The number of hydrogen-bond acceptors (Lipinski definition) is 5. The first-order valence-corrected chi connectivity index (χ1v) is 10.7. The molecule has 0 aromatic heterocycles. The molecule has 1 atom stereocenters. The molecule has 1 aliphatic rings. The van der Waals surface area contributed by atoms with Gasteiger partial charge in [0.2, 0.25) is 10.0 Å². The van der Waals surface area contributed by atoms with Crippen LogP contribution in [0.5, 0.6) is 0 Å². The van der Waals surface area contributed by atoms with Crippen molar-refractivity contribution in [3.8, 4) is 0 Å². The van der Waals surface area contributed by atoms with Crippen LogP contribution in [0.3, 0.4) is 0 Å². The summed E-state index contributed by atoms with van der Waals surface area (Å²) in [5.41, 5.74) is 0.811. The highest BCUT2D eigenvalue weighted by Gasteiger charge is 2.28. The molecule has 0 saturated heterocycles. The fourth-order valence-corrected chi connectivity index (χ4v) is 4.44. The number of carbonyl (C=O) groups excluding carboxylic acids is 1. The largest absolute Gasteiger partial charge is 0.466 e. The maximum absolute atomic E-state index is 12.4. The lowest BCUT2D eigenvalue weighted by Gasteiger charge is -2.20. The normalized spacial score (nSPS) is 16.5. The standard InChI is InChI=1S/C19H29NO5S/c1-3-25-19(21)18(14-15-6-4-5-7-15)16-8-10-17(11-9-16)26(22,23)20-12-13-24-2/h8-11,15,18,20H,3-7,12-14H2,1-2H3. The average Bonchev–Trinajstić information content (AvgIpc) is 3.13. The third-order valence-corrected chi connectivity index (χ3v) is 6.28. The fraction of sp³-hybridized carbons (Fsp3) is 0.632. The van der Waals surface area contributed by atoms with Crippen molar-refractivity contribution in [1.29, 1.82) is 0 Å². The van der Waals surface area contributed by atoms with Crippen LogP contribution in [0, 0.1) is 5.92 Å². The number of hydrogen-bond donors (Lipinski definition) is 1. The Morgan fingerprint density at radius 2 is 1.88 bits per heavy atom. The maximum atomic E-state index is 12.4. The minimum atomic E-state index is -3.57. The highest BCUT2D eigenvalue weighted by molar-refractivity contribution is 7.89. The molecule has 26 heavy (non-hydrogen) atoms. The summed E-state index contributed by atoms with van der Waals surface area (Å²) in [5.74, 6) is -0.0343. The molecule has 2 rings (SSSR count). The van der Waals surface area contributed by atoms with Crippen molar-refractivity contribution >= 4 is 16.0 Å². The van der Waals surface area contributed by atoms with E-state index in [0.29, 0.717) is 19.1 Å². The monoisotopic (exact) mass is 383 g/mol. The first-order valence-electron chi connectivity index (χ1n) is 9.23. The second kappa shape index (κ2) is 10.0. The SMILES string of the molecule is CCOC(=O)C(CC1CCCC1)c1ccc(S(=O)(=O)NCCOC)cc1. The Balaban J connectivity index is 2.13. The van der Waals surface area contributed by atoms with Gasteiger partial charge in [0.1, 0.15) is 0 Å². The summed E-state index contributed by atoms with van der Waals surface area (Å²) in [7, 11) is -2.06. The Bertz CT molecular complexity index is 666. The minimum Gasteiger partial charge on any atom is -0.466 e. The first kappa shape index (κ1) is 20.9. The molecule has 0 aliphatic heterocycles. The lowest BCUT2D eigenvalue weighted by Crippen LogP contribution is -2.27. The van der Waals surface area contributed by atoms with Gasteiger partial charge >= 0.3 is 5.97 Å². The summed E-state index contributed by atoms with van der Waals surface area (Å²) in [4.78, 5) is 12.6. The van der Waals surface area contributed by atoms with E-state index < -0.39 is 10.0 Å². The van der Waals surface area contributed by atoms with Crippen LogP contribution >= 0.6 is 0 Å². The third kappa shape index (κ3) is 5.79. The van der Waals surface area contributed by atoms with E-state index in [4.69, 9.17) is 9.47 Å². The summed E-state index contributed by atoms with van der Waals surface area (Å²) < 4.78 is 37.1. The van der Waals surface area contributed by atoms with Gasteiger partial charge in [-0.25, -0.2) is 13.1 Å². The van der Waals surface area contributed by atoms with Crippen LogP contribution in [0.15, 0.2) is 29.2 Å². The number of methoxy groups -OCH3 is 1. The molecule has 146 valence electrons. The van der Waals surface area contributed by atoms with E-state index in [-0.39, 0.29) is 23.3 Å². The van der Waals surface area contributed by atoms with Crippen molar-refractivity contribution in [2.24, 2.45) is 5.92 Å². The molecular formula is C19H29NO5S. The van der Waals surface area contributed by atoms with Crippen molar-refractivity contribution < 1.29 is 22.7 Å². The second-order valence-electron chi connectivity index (χ2n) is 6.65. The Kier molecular flexibility index (Phi) is 8.06. The smallest absolute Gasteiger partial charge is 0.313 e. The quantitative estimate of drug-likeness (QED) is 0.496. The number of ether oxygens (including phenoxy) is 2. The van der Waals surface area contributed by atoms with Crippen LogP contribution in [-0.4, -0.2) is 41.3 Å². The van der Waals surface area contributed by atoms with Crippen LogP contribution < -0.4 is 4.72 Å². The summed E-state index contributed by atoms with van der Waals surface area (Å²) in [6, 6.07) is 6.54. The molecule has 0 bridgehead atoms. The molecule has 1 aliphatic carbocycles. The van der Waals surface area contributed by atoms with Crippen LogP contribution in [0.1, 0.15) is 50.5 Å². The van der Waals surface area contributed by atoms with E-state index in [1.165, 1.54) is 20.0 Å². The minimum absolute atomic E-state index is 0.181. The molecule has 1 fully saturated rings. The van der Waals surface area contributed by atoms with Gasteiger partial charge in [-0.2, -0.15) is 0 Å². The molecule has 6 nitrogen and oxygen atoms in total. The number of benzene rings is 1. The summed E-state index contributed by atoms with van der Waals surface area (Å²) in [5, 5.41) is 0. The molecule has 0 amide bonds. The molecule has 1 unspecified atom stereocenters.